The third-order valence-electron chi connectivity index (χ3n) is 9.96. The Hall–Kier alpha value is -6.71. The van der Waals surface area contributed by atoms with Gasteiger partial charge in [0.2, 0.25) is 0 Å². The second kappa shape index (κ2) is 11.5. The van der Waals surface area contributed by atoms with E-state index in [9.17, 15) is 0 Å². The molecule has 50 heavy (non-hydrogen) atoms. The number of benzene rings is 8. The van der Waals surface area contributed by atoms with Gasteiger partial charge in [-0.2, -0.15) is 0 Å². The minimum absolute atomic E-state index is 0.843. The van der Waals surface area contributed by atoms with E-state index in [0.29, 0.717) is 0 Å². The number of hydrogen-bond donors (Lipinski definition) is 0. The average Bonchev–Trinajstić information content (AvgIpc) is 3.58. The molecule has 10 aromatic rings. The molecule has 2 heterocycles. The van der Waals surface area contributed by atoms with Gasteiger partial charge < -0.3 is 9.32 Å². The Morgan fingerprint density at radius 2 is 0.980 bits per heavy atom. The number of nitrogens with zero attached hydrogens (tertiary/aromatic N) is 2. The van der Waals surface area contributed by atoms with Crippen LogP contribution >= 0.6 is 0 Å². The van der Waals surface area contributed by atoms with Gasteiger partial charge in [-0.3, -0.25) is 4.98 Å². The lowest BCUT2D eigenvalue weighted by Crippen LogP contribution is -2.11. The Labute approximate surface area is 289 Å². The van der Waals surface area contributed by atoms with Crippen molar-refractivity contribution in [3.05, 3.63) is 182 Å². The number of furan rings is 1. The van der Waals surface area contributed by atoms with Gasteiger partial charge in [-0.25, -0.2) is 0 Å². The molecule has 0 amide bonds. The summed E-state index contributed by atoms with van der Waals surface area (Å²) >= 11 is 0. The van der Waals surface area contributed by atoms with Gasteiger partial charge in [-0.05, 0) is 74.6 Å². The van der Waals surface area contributed by atoms with E-state index in [1.54, 1.807) is 6.20 Å². The Morgan fingerprint density at radius 3 is 1.80 bits per heavy atom. The van der Waals surface area contributed by atoms with Gasteiger partial charge in [0.25, 0.3) is 0 Å². The molecule has 0 aliphatic rings. The summed E-state index contributed by atoms with van der Waals surface area (Å²) in [5.41, 5.74) is 9.74. The number of rotatable bonds is 5. The molecule has 10 rings (SSSR count). The molecular weight excluding hydrogens is 609 g/mol. The summed E-state index contributed by atoms with van der Waals surface area (Å²) in [6.45, 7) is 0. The van der Waals surface area contributed by atoms with Crippen molar-refractivity contribution in [2.75, 3.05) is 4.90 Å². The molecule has 3 nitrogen and oxygen atoms in total. The zero-order valence-corrected chi connectivity index (χ0v) is 27.1. The number of aromatic nitrogens is 1. The highest BCUT2D eigenvalue weighted by molar-refractivity contribution is 6.18. The SMILES string of the molecule is c1ccc(N(c2ccc(-c3cccc4ccccc34)cc2)c2cccc3c2ccc2c4cnccc4oc32)c(-c2cccc3ccccc23)c1. The number of pyridine rings is 1. The monoisotopic (exact) mass is 638 g/mol. The standard InChI is InChI=1S/C47H30N2O/c1-3-14-35-31(10-1)12-7-17-36(35)33-22-24-34(25-23-33)49(44-20-6-5-16-39(44)38-18-8-13-32-11-2-4-15-37(32)38)45-21-9-19-41-40(45)26-27-42-43-30-48-29-28-46(43)50-47(41)42/h1-30H. The van der Waals surface area contributed by atoms with Gasteiger partial charge in [0, 0.05) is 45.2 Å². The molecule has 0 N–H and O–H groups in total. The highest BCUT2D eigenvalue weighted by Gasteiger charge is 2.21. The van der Waals surface area contributed by atoms with E-state index in [0.717, 1.165) is 55.3 Å². The lowest BCUT2D eigenvalue weighted by molar-refractivity contribution is 0.672. The van der Waals surface area contributed by atoms with Crippen LogP contribution in [0.1, 0.15) is 0 Å². The molecular formula is C47H30N2O. The summed E-state index contributed by atoms with van der Waals surface area (Å²) < 4.78 is 6.49. The summed E-state index contributed by atoms with van der Waals surface area (Å²) in [4.78, 5) is 6.78. The predicted molar refractivity (Wildman–Crippen MR) is 210 cm³/mol. The fourth-order valence-electron chi connectivity index (χ4n) is 7.65. The smallest absolute Gasteiger partial charge is 0.143 e. The topological polar surface area (TPSA) is 29.3 Å². The van der Waals surface area contributed by atoms with Crippen LogP contribution in [0, 0.1) is 0 Å². The number of fused-ring (bicyclic) bond motifs is 7. The van der Waals surface area contributed by atoms with Crippen LogP contribution in [0.15, 0.2) is 187 Å². The second-order valence-corrected chi connectivity index (χ2v) is 12.7. The quantitative estimate of drug-likeness (QED) is 0.188. The zero-order chi connectivity index (χ0) is 33.0. The van der Waals surface area contributed by atoms with Crippen LogP contribution in [0.3, 0.4) is 0 Å². The molecule has 234 valence electrons. The lowest BCUT2D eigenvalue weighted by atomic mass is 9.95. The molecule has 0 atom stereocenters. The van der Waals surface area contributed by atoms with Crippen LogP contribution in [0.2, 0.25) is 0 Å². The zero-order valence-electron chi connectivity index (χ0n) is 27.1. The summed E-state index contributed by atoms with van der Waals surface area (Å²) in [6, 6.07) is 60.9. The fraction of sp³-hybridized carbons (Fsp3) is 0. The van der Waals surface area contributed by atoms with Gasteiger partial charge in [0.15, 0.2) is 0 Å². The van der Waals surface area contributed by atoms with Crippen molar-refractivity contribution in [1.82, 2.24) is 4.98 Å². The van der Waals surface area contributed by atoms with Crippen molar-refractivity contribution in [1.29, 1.82) is 0 Å². The molecule has 0 aliphatic heterocycles. The third-order valence-corrected chi connectivity index (χ3v) is 9.96. The molecule has 0 bridgehead atoms. The van der Waals surface area contributed by atoms with Crippen molar-refractivity contribution in [3.63, 3.8) is 0 Å². The van der Waals surface area contributed by atoms with Gasteiger partial charge >= 0.3 is 0 Å². The maximum absolute atomic E-state index is 6.49. The average molecular weight is 639 g/mol. The van der Waals surface area contributed by atoms with Crippen LogP contribution in [0.4, 0.5) is 17.1 Å². The van der Waals surface area contributed by atoms with E-state index >= 15 is 0 Å². The molecule has 0 saturated carbocycles. The summed E-state index contributed by atoms with van der Waals surface area (Å²) in [6.07, 6.45) is 3.67. The van der Waals surface area contributed by atoms with Crippen LogP contribution in [0.5, 0.6) is 0 Å². The third kappa shape index (κ3) is 4.48. The molecule has 0 unspecified atom stereocenters. The van der Waals surface area contributed by atoms with Crippen LogP contribution in [-0.2, 0) is 0 Å². The highest BCUT2D eigenvalue weighted by atomic mass is 16.3. The van der Waals surface area contributed by atoms with Gasteiger partial charge in [0.05, 0.1) is 11.4 Å². The van der Waals surface area contributed by atoms with E-state index in [2.05, 4.69) is 174 Å². The Balaban J connectivity index is 1.22. The van der Waals surface area contributed by atoms with E-state index in [1.807, 2.05) is 12.3 Å². The lowest BCUT2D eigenvalue weighted by Gasteiger charge is -2.29. The van der Waals surface area contributed by atoms with Crippen molar-refractivity contribution < 1.29 is 4.42 Å². The van der Waals surface area contributed by atoms with Crippen molar-refractivity contribution in [2.45, 2.75) is 0 Å². The number of hydrogen-bond acceptors (Lipinski definition) is 3. The summed E-state index contributed by atoms with van der Waals surface area (Å²) in [5, 5.41) is 9.20. The van der Waals surface area contributed by atoms with E-state index < -0.39 is 0 Å². The number of anilines is 3. The highest BCUT2D eigenvalue weighted by Crippen LogP contribution is 2.46. The van der Waals surface area contributed by atoms with Gasteiger partial charge in [0.1, 0.15) is 11.2 Å². The van der Waals surface area contributed by atoms with Crippen LogP contribution in [-0.4, -0.2) is 4.98 Å². The molecule has 0 spiro atoms. The Bertz CT molecular complexity index is 2870. The molecule has 8 aromatic carbocycles. The van der Waals surface area contributed by atoms with Crippen LogP contribution < -0.4 is 4.90 Å². The van der Waals surface area contributed by atoms with Gasteiger partial charge in [-0.1, -0.05) is 133 Å². The molecule has 2 aromatic heterocycles. The molecule has 0 fully saturated rings. The van der Waals surface area contributed by atoms with E-state index in [4.69, 9.17) is 4.42 Å². The second-order valence-electron chi connectivity index (χ2n) is 12.7. The predicted octanol–water partition coefficient (Wildman–Crippen LogP) is 13.2. The Kier molecular flexibility index (Phi) is 6.49. The minimum Gasteiger partial charge on any atom is -0.455 e. The first-order chi connectivity index (χ1) is 24.8. The maximum Gasteiger partial charge on any atom is 0.143 e. The van der Waals surface area contributed by atoms with Crippen LogP contribution in [0.25, 0.3) is 76.5 Å². The molecule has 3 heteroatoms. The first-order valence-corrected chi connectivity index (χ1v) is 17.0. The number of para-hydroxylation sites is 1. The summed E-state index contributed by atoms with van der Waals surface area (Å²) in [7, 11) is 0. The van der Waals surface area contributed by atoms with Crippen molar-refractivity contribution in [2.24, 2.45) is 0 Å². The first kappa shape index (κ1) is 28.3. The fourth-order valence-corrected chi connectivity index (χ4v) is 7.65. The molecule has 0 saturated heterocycles. The Morgan fingerprint density at radius 1 is 0.400 bits per heavy atom. The van der Waals surface area contributed by atoms with Crippen molar-refractivity contribution in [3.8, 4) is 22.3 Å². The maximum atomic E-state index is 6.49. The largest absolute Gasteiger partial charge is 0.455 e. The summed E-state index contributed by atoms with van der Waals surface area (Å²) in [5.74, 6) is 0. The van der Waals surface area contributed by atoms with Gasteiger partial charge in [-0.15, -0.1) is 0 Å². The molecule has 0 radical (unpaired) electrons. The van der Waals surface area contributed by atoms with E-state index in [-0.39, 0.29) is 0 Å². The molecule has 0 aliphatic carbocycles. The normalized spacial score (nSPS) is 11.6. The minimum atomic E-state index is 0.843. The van der Waals surface area contributed by atoms with E-state index in [1.165, 1.54) is 38.2 Å². The van der Waals surface area contributed by atoms with Crippen molar-refractivity contribution >= 4 is 71.3 Å². The first-order valence-electron chi connectivity index (χ1n) is 17.0.